The first-order chi connectivity index (χ1) is 9.97. The number of hydrogen-bond acceptors (Lipinski definition) is 2. The highest BCUT2D eigenvalue weighted by molar-refractivity contribution is 9.10. The fraction of sp³-hybridized carbons (Fsp3) is 0.471. The van der Waals surface area contributed by atoms with E-state index in [1.165, 1.54) is 22.4 Å². The van der Waals surface area contributed by atoms with Crippen molar-refractivity contribution in [1.29, 1.82) is 0 Å². The van der Waals surface area contributed by atoms with E-state index in [9.17, 15) is 0 Å². The summed E-state index contributed by atoms with van der Waals surface area (Å²) in [5, 5.41) is 8.14. The molecule has 4 heteroatoms. The molecule has 2 aromatic rings. The van der Waals surface area contributed by atoms with E-state index in [-0.39, 0.29) is 6.04 Å². The van der Waals surface area contributed by atoms with Crippen LogP contribution >= 0.6 is 15.9 Å². The molecule has 1 aromatic carbocycles. The third-order valence-corrected chi connectivity index (χ3v) is 4.53. The van der Waals surface area contributed by atoms with Gasteiger partial charge in [-0.05, 0) is 66.9 Å². The third-order valence-electron chi connectivity index (χ3n) is 3.92. The molecule has 0 aliphatic carbocycles. The van der Waals surface area contributed by atoms with E-state index in [2.05, 4.69) is 83.8 Å². The standard InChI is InChI=1S/C17H24BrN3/c1-6-19-16(14-9-7-8-12(4)13(14)5)17-15(18)10-20-21(17)11(2)3/h7-11,16,19H,6H2,1-5H3. The van der Waals surface area contributed by atoms with Crippen LogP contribution in [-0.2, 0) is 0 Å². The first-order valence-corrected chi connectivity index (χ1v) is 8.29. The van der Waals surface area contributed by atoms with E-state index in [0.717, 1.165) is 11.0 Å². The molecule has 0 amide bonds. The van der Waals surface area contributed by atoms with Crippen LogP contribution in [0.25, 0.3) is 0 Å². The van der Waals surface area contributed by atoms with Gasteiger partial charge < -0.3 is 5.32 Å². The molecule has 0 saturated heterocycles. The minimum Gasteiger partial charge on any atom is -0.305 e. The maximum atomic E-state index is 4.53. The Morgan fingerprint density at radius 2 is 2.00 bits per heavy atom. The lowest BCUT2D eigenvalue weighted by atomic mass is 9.95. The van der Waals surface area contributed by atoms with E-state index in [4.69, 9.17) is 0 Å². The summed E-state index contributed by atoms with van der Waals surface area (Å²) in [6.07, 6.45) is 1.89. The lowest BCUT2D eigenvalue weighted by Gasteiger charge is -2.24. The third kappa shape index (κ3) is 3.22. The molecule has 114 valence electrons. The second-order valence-electron chi connectivity index (χ2n) is 5.70. The highest BCUT2D eigenvalue weighted by Gasteiger charge is 2.23. The van der Waals surface area contributed by atoms with Gasteiger partial charge in [0.1, 0.15) is 0 Å². The molecule has 0 radical (unpaired) electrons. The molecule has 0 aliphatic rings. The molecule has 1 N–H and O–H groups in total. The summed E-state index contributed by atoms with van der Waals surface area (Å²) < 4.78 is 3.15. The molecule has 1 heterocycles. The second kappa shape index (κ2) is 6.75. The Morgan fingerprint density at radius 1 is 1.29 bits per heavy atom. The SMILES string of the molecule is CCNC(c1cccc(C)c1C)c1c(Br)cnn1C(C)C. The number of halogens is 1. The van der Waals surface area contributed by atoms with E-state index in [0.29, 0.717) is 6.04 Å². The average molecular weight is 350 g/mol. The monoisotopic (exact) mass is 349 g/mol. The van der Waals surface area contributed by atoms with Crippen LogP contribution in [0.1, 0.15) is 55.2 Å². The maximum absolute atomic E-state index is 4.53. The van der Waals surface area contributed by atoms with Crippen molar-refractivity contribution in [3.63, 3.8) is 0 Å². The van der Waals surface area contributed by atoms with Gasteiger partial charge in [0.25, 0.3) is 0 Å². The van der Waals surface area contributed by atoms with Crippen molar-refractivity contribution in [3.05, 3.63) is 51.3 Å². The highest BCUT2D eigenvalue weighted by atomic mass is 79.9. The van der Waals surface area contributed by atoms with Crippen LogP contribution in [0.2, 0.25) is 0 Å². The minimum atomic E-state index is 0.147. The van der Waals surface area contributed by atoms with E-state index < -0.39 is 0 Å². The number of nitrogens with zero attached hydrogens (tertiary/aromatic N) is 2. The van der Waals surface area contributed by atoms with Crippen molar-refractivity contribution in [2.75, 3.05) is 6.54 Å². The average Bonchev–Trinajstić information content (AvgIpc) is 2.82. The molecule has 0 fully saturated rings. The van der Waals surface area contributed by atoms with Crippen LogP contribution in [0.4, 0.5) is 0 Å². The summed E-state index contributed by atoms with van der Waals surface area (Å²) in [5.41, 5.74) is 5.18. The Labute approximate surface area is 135 Å². The lowest BCUT2D eigenvalue weighted by Crippen LogP contribution is -2.26. The van der Waals surface area contributed by atoms with Crippen LogP contribution in [-0.4, -0.2) is 16.3 Å². The second-order valence-corrected chi connectivity index (χ2v) is 6.55. The quantitative estimate of drug-likeness (QED) is 0.858. The highest BCUT2D eigenvalue weighted by Crippen LogP contribution is 2.32. The Morgan fingerprint density at radius 3 is 2.62 bits per heavy atom. The van der Waals surface area contributed by atoms with Crippen LogP contribution in [0.5, 0.6) is 0 Å². The molecule has 2 rings (SSSR count). The summed E-state index contributed by atoms with van der Waals surface area (Å²) in [6.45, 7) is 11.7. The van der Waals surface area contributed by atoms with Crippen LogP contribution < -0.4 is 5.32 Å². The summed E-state index contributed by atoms with van der Waals surface area (Å²) >= 11 is 3.67. The molecule has 0 spiro atoms. The number of rotatable bonds is 5. The van der Waals surface area contributed by atoms with Gasteiger partial charge in [0.05, 0.1) is 22.4 Å². The zero-order valence-electron chi connectivity index (χ0n) is 13.4. The smallest absolute Gasteiger partial charge is 0.0762 e. The zero-order chi connectivity index (χ0) is 15.6. The van der Waals surface area contributed by atoms with Gasteiger partial charge in [0, 0.05) is 6.04 Å². The van der Waals surface area contributed by atoms with Gasteiger partial charge in [0.2, 0.25) is 0 Å². The van der Waals surface area contributed by atoms with Crippen LogP contribution in [0.15, 0.2) is 28.9 Å². The predicted molar refractivity (Wildman–Crippen MR) is 91.7 cm³/mol. The molecule has 0 bridgehead atoms. The maximum Gasteiger partial charge on any atom is 0.0762 e. The predicted octanol–water partition coefficient (Wildman–Crippen LogP) is 4.54. The van der Waals surface area contributed by atoms with Gasteiger partial charge >= 0.3 is 0 Å². The van der Waals surface area contributed by atoms with Crippen molar-refractivity contribution in [1.82, 2.24) is 15.1 Å². The fourth-order valence-corrected chi connectivity index (χ4v) is 3.18. The van der Waals surface area contributed by atoms with Crippen molar-refractivity contribution < 1.29 is 0 Å². The van der Waals surface area contributed by atoms with Gasteiger partial charge in [-0.3, -0.25) is 4.68 Å². The minimum absolute atomic E-state index is 0.147. The summed E-state index contributed by atoms with van der Waals surface area (Å²) in [5.74, 6) is 0. The number of aromatic nitrogens is 2. The number of hydrogen-bond donors (Lipinski definition) is 1. The Bertz CT molecular complexity index is 616. The summed E-state index contributed by atoms with van der Waals surface area (Å²) in [7, 11) is 0. The molecule has 1 atom stereocenters. The zero-order valence-corrected chi connectivity index (χ0v) is 15.0. The van der Waals surface area contributed by atoms with Gasteiger partial charge in [-0.25, -0.2) is 0 Å². The molecule has 0 saturated carbocycles. The van der Waals surface area contributed by atoms with E-state index >= 15 is 0 Å². The van der Waals surface area contributed by atoms with Crippen molar-refractivity contribution >= 4 is 15.9 Å². The number of nitrogens with one attached hydrogen (secondary N) is 1. The first kappa shape index (κ1) is 16.2. The fourth-order valence-electron chi connectivity index (χ4n) is 2.68. The van der Waals surface area contributed by atoms with Crippen molar-refractivity contribution in [3.8, 4) is 0 Å². The molecular weight excluding hydrogens is 326 g/mol. The summed E-state index contributed by atoms with van der Waals surface area (Å²) in [6, 6.07) is 6.98. The molecule has 1 aromatic heterocycles. The molecule has 1 unspecified atom stereocenters. The Kier molecular flexibility index (Phi) is 5.22. The Hall–Kier alpha value is -1.13. The van der Waals surface area contributed by atoms with Crippen molar-refractivity contribution in [2.45, 2.75) is 46.7 Å². The van der Waals surface area contributed by atoms with Gasteiger partial charge in [-0.15, -0.1) is 0 Å². The largest absolute Gasteiger partial charge is 0.305 e. The number of aryl methyl sites for hydroxylation is 1. The van der Waals surface area contributed by atoms with Gasteiger partial charge in [-0.1, -0.05) is 25.1 Å². The Balaban J connectivity index is 2.59. The number of benzene rings is 1. The molecule has 0 aliphatic heterocycles. The molecule has 3 nitrogen and oxygen atoms in total. The van der Waals surface area contributed by atoms with E-state index in [1.54, 1.807) is 0 Å². The van der Waals surface area contributed by atoms with Gasteiger partial charge in [-0.2, -0.15) is 5.10 Å². The summed E-state index contributed by atoms with van der Waals surface area (Å²) in [4.78, 5) is 0. The van der Waals surface area contributed by atoms with Crippen LogP contribution in [0.3, 0.4) is 0 Å². The molecule has 21 heavy (non-hydrogen) atoms. The normalized spacial score (nSPS) is 12.9. The van der Waals surface area contributed by atoms with E-state index in [1.807, 2.05) is 6.20 Å². The lowest BCUT2D eigenvalue weighted by molar-refractivity contribution is 0.474. The topological polar surface area (TPSA) is 29.9 Å². The molecular formula is C17H24BrN3. The van der Waals surface area contributed by atoms with Crippen molar-refractivity contribution in [2.24, 2.45) is 0 Å². The first-order valence-electron chi connectivity index (χ1n) is 7.49. The van der Waals surface area contributed by atoms with Crippen LogP contribution in [0, 0.1) is 13.8 Å². The van der Waals surface area contributed by atoms with Gasteiger partial charge in [0.15, 0.2) is 0 Å².